The minimum Gasteiger partial charge on any atom is -0.306 e. The molecule has 2 nitrogen and oxygen atoms in total. The number of nitrogens with zero attached hydrogens (tertiary/aromatic N) is 1. The van der Waals surface area contributed by atoms with Crippen LogP contribution in [0.2, 0.25) is 0 Å². The zero-order valence-electron chi connectivity index (χ0n) is 12.7. The van der Waals surface area contributed by atoms with Crippen molar-refractivity contribution in [2.24, 2.45) is 0 Å². The molecule has 0 spiro atoms. The lowest BCUT2D eigenvalue weighted by molar-refractivity contribution is 0.433. The molecule has 1 N–H and O–H groups in total. The molecule has 0 amide bonds. The van der Waals surface area contributed by atoms with Crippen molar-refractivity contribution < 1.29 is 4.39 Å². The van der Waals surface area contributed by atoms with Gasteiger partial charge >= 0.3 is 0 Å². The Kier molecular flexibility index (Phi) is 5.88. The van der Waals surface area contributed by atoms with Crippen LogP contribution < -0.4 is 5.32 Å². The molecule has 0 aliphatic heterocycles. The summed E-state index contributed by atoms with van der Waals surface area (Å²) in [5.41, 5.74) is 2.27. The van der Waals surface area contributed by atoms with E-state index in [9.17, 15) is 4.39 Å². The number of halogens is 1. The van der Waals surface area contributed by atoms with Crippen LogP contribution in [-0.4, -0.2) is 11.0 Å². The molecule has 0 saturated heterocycles. The van der Waals surface area contributed by atoms with Gasteiger partial charge in [0.1, 0.15) is 5.82 Å². The molecule has 1 atom stereocenters. The third-order valence-corrected chi connectivity index (χ3v) is 3.44. The highest BCUT2D eigenvalue weighted by atomic mass is 19.1. The van der Waals surface area contributed by atoms with E-state index in [1.165, 1.54) is 17.8 Å². The first-order valence-corrected chi connectivity index (χ1v) is 7.56. The van der Waals surface area contributed by atoms with Gasteiger partial charge in [0.05, 0.1) is 11.9 Å². The molecular weight excluding hydrogens is 263 g/mol. The molecule has 1 unspecified atom stereocenters. The molecule has 2 aromatic rings. The van der Waals surface area contributed by atoms with Gasteiger partial charge in [0.2, 0.25) is 0 Å². The second kappa shape index (κ2) is 7.89. The molecule has 1 aromatic carbocycles. The summed E-state index contributed by atoms with van der Waals surface area (Å²) in [7, 11) is 0. The lowest BCUT2D eigenvalue weighted by Crippen LogP contribution is -2.29. The SMILES string of the molecule is CC(C)NC(CCCc1ccccc1)c1ccc(F)cn1. The summed E-state index contributed by atoms with van der Waals surface area (Å²) >= 11 is 0. The molecule has 1 aromatic heterocycles. The van der Waals surface area contributed by atoms with Crippen molar-refractivity contribution in [3.63, 3.8) is 0 Å². The first-order chi connectivity index (χ1) is 10.1. The molecule has 2 rings (SSSR count). The quantitative estimate of drug-likeness (QED) is 0.821. The summed E-state index contributed by atoms with van der Waals surface area (Å²) in [6.45, 7) is 4.24. The zero-order chi connectivity index (χ0) is 15.1. The minimum absolute atomic E-state index is 0.175. The summed E-state index contributed by atoms with van der Waals surface area (Å²) in [6.07, 6.45) is 4.42. The summed E-state index contributed by atoms with van der Waals surface area (Å²) in [4.78, 5) is 4.22. The topological polar surface area (TPSA) is 24.9 Å². The Hall–Kier alpha value is -1.74. The van der Waals surface area contributed by atoms with Crippen LogP contribution in [0.4, 0.5) is 4.39 Å². The van der Waals surface area contributed by atoms with Gasteiger partial charge in [-0.3, -0.25) is 4.98 Å². The highest BCUT2D eigenvalue weighted by Gasteiger charge is 2.13. The number of rotatable bonds is 7. The van der Waals surface area contributed by atoms with Crippen LogP contribution in [0, 0.1) is 5.82 Å². The molecule has 0 aliphatic rings. The lowest BCUT2D eigenvalue weighted by atomic mass is 10.0. The average molecular weight is 286 g/mol. The molecule has 3 heteroatoms. The van der Waals surface area contributed by atoms with Gasteiger partial charge < -0.3 is 5.32 Å². The van der Waals surface area contributed by atoms with Crippen LogP contribution in [0.15, 0.2) is 48.7 Å². The monoisotopic (exact) mass is 286 g/mol. The third kappa shape index (κ3) is 5.27. The van der Waals surface area contributed by atoms with Crippen LogP contribution in [-0.2, 0) is 6.42 Å². The van der Waals surface area contributed by atoms with E-state index in [4.69, 9.17) is 0 Å². The standard InChI is InChI=1S/C18H23FN2/c1-14(2)21-18(17-12-11-16(19)13-20-17)10-6-9-15-7-4-3-5-8-15/h3-5,7-8,11-14,18,21H,6,9-10H2,1-2H3. The van der Waals surface area contributed by atoms with Crippen molar-refractivity contribution in [2.45, 2.75) is 45.2 Å². The number of aromatic nitrogens is 1. The van der Waals surface area contributed by atoms with E-state index < -0.39 is 0 Å². The second-order valence-corrected chi connectivity index (χ2v) is 5.65. The zero-order valence-corrected chi connectivity index (χ0v) is 12.7. The summed E-state index contributed by atoms with van der Waals surface area (Å²) in [5, 5.41) is 3.52. The van der Waals surface area contributed by atoms with Gasteiger partial charge in [-0.25, -0.2) is 4.39 Å². The third-order valence-electron chi connectivity index (χ3n) is 3.44. The van der Waals surface area contributed by atoms with E-state index in [0.717, 1.165) is 25.0 Å². The maximum atomic E-state index is 13.0. The van der Waals surface area contributed by atoms with Crippen molar-refractivity contribution >= 4 is 0 Å². The molecule has 0 radical (unpaired) electrons. The van der Waals surface area contributed by atoms with Crippen molar-refractivity contribution in [2.75, 3.05) is 0 Å². The van der Waals surface area contributed by atoms with Crippen LogP contribution in [0.25, 0.3) is 0 Å². The number of nitrogens with one attached hydrogen (secondary N) is 1. The molecule has 0 aliphatic carbocycles. The van der Waals surface area contributed by atoms with Crippen LogP contribution in [0.5, 0.6) is 0 Å². The summed E-state index contributed by atoms with van der Waals surface area (Å²) in [6, 6.07) is 14.3. The minimum atomic E-state index is -0.286. The van der Waals surface area contributed by atoms with Gasteiger partial charge in [0.15, 0.2) is 0 Å². The number of pyridine rings is 1. The summed E-state index contributed by atoms with van der Waals surface area (Å²) < 4.78 is 13.0. The first kappa shape index (κ1) is 15.6. The number of aryl methyl sites for hydroxylation is 1. The molecule has 0 fully saturated rings. The van der Waals surface area contributed by atoms with E-state index in [1.807, 2.05) is 6.07 Å². The number of hydrogen-bond donors (Lipinski definition) is 1. The Morgan fingerprint density at radius 3 is 2.48 bits per heavy atom. The van der Waals surface area contributed by atoms with E-state index in [1.54, 1.807) is 6.07 Å². The Labute approximate surface area is 126 Å². The van der Waals surface area contributed by atoms with E-state index in [2.05, 4.69) is 48.4 Å². The normalized spacial score (nSPS) is 12.6. The highest BCUT2D eigenvalue weighted by molar-refractivity contribution is 5.15. The number of hydrogen-bond acceptors (Lipinski definition) is 2. The lowest BCUT2D eigenvalue weighted by Gasteiger charge is -2.21. The van der Waals surface area contributed by atoms with Gasteiger partial charge in [-0.05, 0) is 37.0 Å². The van der Waals surface area contributed by atoms with E-state index in [0.29, 0.717) is 6.04 Å². The van der Waals surface area contributed by atoms with Crippen molar-refractivity contribution in [3.8, 4) is 0 Å². The van der Waals surface area contributed by atoms with Crippen molar-refractivity contribution in [3.05, 3.63) is 65.7 Å². The Morgan fingerprint density at radius 1 is 1.10 bits per heavy atom. The molecule has 0 saturated carbocycles. The molecule has 0 bridgehead atoms. The average Bonchev–Trinajstić information content (AvgIpc) is 2.48. The molecule has 21 heavy (non-hydrogen) atoms. The predicted octanol–water partition coefficient (Wildman–Crippen LogP) is 4.28. The van der Waals surface area contributed by atoms with Crippen molar-refractivity contribution in [1.29, 1.82) is 0 Å². The predicted molar refractivity (Wildman–Crippen MR) is 84.6 cm³/mol. The Bertz CT molecular complexity index is 523. The van der Waals surface area contributed by atoms with Gasteiger partial charge in [-0.15, -0.1) is 0 Å². The fraction of sp³-hybridized carbons (Fsp3) is 0.389. The van der Waals surface area contributed by atoms with Gasteiger partial charge in [-0.2, -0.15) is 0 Å². The van der Waals surface area contributed by atoms with Gasteiger partial charge in [-0.1, -0.05) is 44.2 Å². The fourth-order valence-electron chi connectivity index (χ4n) is 2.47. The van der Waals surface area contributed by atoms with Crippen molar-refractivity contribution in [1.82, 2.24) is 10.3 Å². The van der Waals surface area contributed by atoms with Crippen LogP contribution in [0.1, 0.15) is 44.0 Å². The van der Waals surface area contributed by atoms with E-state index >= 15 is 0 Å². The molecule has 1 heterocycles. The largest absolute Gasteiger partial charge is 0.306 e. The van der Waals surface area contributed by atoms with Gasteiger partial charge in [0.25, 0.3) is 0 Å². The fourth-order valence-corrected chi connectivity index (χ4v) is 2.47. The second-order valence-electron chi connectivity index (χ2n) is 5.65. The maximum absolute atomic E-state index is 13.0. The smallest absolute Gasteiger partial charge is 0.141 e. The Balaban J connectivity index is 1.95. The van der Waals surface area contributed by atoms with Crippen LogP contribution >= 0.6 is 0 Å². The molecular formula is C18H23FN2. The van der Waals surface area contributed by atoms with Crippen LogP contribution in [0.3, 0.4) is 0 Å². The maximum Gasteiger partial charge on any atom is 0.141 e. The van der Waals surface area contributed by atoms with Gasteiger partial charge in [0, 0.05) is 12.1 Å². The number of benzene rings is 1. The van der Waals surface area contributed by atoms with E-state index in [-0.39, 0.29) is 11.9 Å². The first-order valence-electron chi connectivity index (χ1n) is 7.56. The Morgan fingerprint density at radius 2 is 1.86 bits per heavy atom. The molecule has 112 valence electrons. The summed E-state index contributed by atoms with van der Waals surface area (Å²) in [5.74, 6) is -0.286. The highest BCUT2D eigenvalue weighted by Crippen LogP contribution is 2.19.